The van der Waals surface area contributed by atoms with Gasteiger partial charge in [0, 0.05) is 0 Å². The van der Waals surface area contributed by atoms with Crippen molar-refractivity contribution in [1.82, 2.24) is 0 Å². The smallest absolute Gasteiger partial charge is 0.318 e. The van der Waals surface area contributed by atoms with Crippen LogP contribution in [0.3, 0.4) is 0 Å². The quantitative estimate of drug-likeness (QED) is 0.377. The molecule has 8 nitrogen and oxygen atoms in total. The largest absolute Gasteiger partial charge is 0.481 e. The first-order chi connectivity index (χ1) is 9.72. The van der Waals surface area contributed by atoms with Gasteiger partial charge in [-0.3, -0.25) is 19.2 Å². The van der Waals surface area contributed by atoms with Crippen molar-refractivity contribution >= 4 is 23.9 Å². The summed E-state index contributed by atoms with van der Waals surface area (Å²) >= 11 is 0. The first kappa shape index (κ1) is 16.7. The van der Waals surface area contributed by atoms with Gasteiger partial charge >= 0.3 is 23.9 Å². The summed E-state index contributed by atoms with van der Waals surface area (Å²) in [5.41, 5.74) is 0.615. The number of aliphatic carboxylic acids is 4. The Morgan fingerprint density at radius 3 is 1.86 bits per heavy atom. The maximum absolute atomic E-state index is 10.8. The van der Waals surface area contributed by atoms with Crippen LogP contribution in [-0.4, -0.2) is 44.3 Å². The average molecular weight is 300 g/mol. The summed E-state index contributed by atoms with van der Waals surface area (Å²) in [5.74, 6) is -8.95. The lowest BCUT2D eigenvalue weighted by atomic mass is 9.90. The molecule has 1 atom stereocenters. The summed E-state index contributed by atoms with van der Waals surface area (Å²) in [7, 11) is 0. The first-order valence-corrected chi connectivity index (χ1v) is 6.31. The van der Waals surface area contributed by atoms with Crippen molar-refractivity contribution in [2.45, 2.75) is 25.7 Å². The molecular weight excluding hydrogens is 284 g/mol. The second-order valence-corrected chi connectivity index (χ2v) is 5.07. The molecule has 1 unspecified atom stereocenters. The predicted octanol–water partition coefficient (Wildman–Crippen LogP) is 0.674. The van der Waals surface area contributed by atoms with Crippen LogP contribution in [0.15, 0.2) is 11.6 Å². The molecule has 4 N–H and O–H groups in total. The Balaban J connectivity index is 2.59. The molecule has 1 rings (SSSR count). The van der Waals surface area contributed by atoms with Crippen LogP contribution in [0.2, 0.25) is 0 Å². The Morgan fingerprint density at radius 1 is 0.952 bits per heavy atom. The Morgan fingerprint density at radius 2 is 1.43 bits per heavy atom. The van der Waals surface area contributed by atoms with Gasteiger partial charge < -0.3 is 20.4 Å². The molecule has 0 aliphatic heterocycles. The number of hydrogen-bond donors (Lipinski definition) is 4. The number of rotatable bonds is 8. The van der Waals surface area contributed by atoms with Gasteiger partial charge in [0.15, 0.2) is 11.8 Å². The van der Waals surface area contributed by atoms with Gasteiger partial charge in [-0.25, -0.2) is 0 Å². The minimum absolute atomic E-state index is 0.0600. The van der Waals surface area contributed by atoms with Gasteiger partial charge in [0.1, 0.15) is 0 Å². The van der Waals surface area contributed by atoms with Gasteiger partial charge in [0.05, 0.1) is 0 Å². The molecule has 0 aromatic rings. The molecule has 0 fully saturated rings. The Bertz CT molecular complexity index is 464. The van der Waals surface area contributed by atoms with Crippen molar-refractivity contribution in [3.05, 3.63) is 11.6 Å². The van der Waals surface area contributed by atoms with Crippen LogP contribution < -0.4 is 0 Å². The first-order valence-electron chi connectivity index (χ1n) is 6.31. The number of allylic oxidation sites excluding steroid dienone is 2. The molecule has 1 aliphatic rings. The van der Waals surface area contributed by atoms with E-state index in [0.29, 0.717) is 18.4 Å². The molecule has 0 saturated carbocycles. The van der Waals surface area contributed by atoms with Crippen molar-refractivity contribution in [3.8, 4) is 0 Å². The Hall–Kier alpha value is -2.38. The molecule has 1 aliphatic carbocycles. The standard InChI is InChI=1S/C13H16O8/c14-10(15)8(11(16)17)4-6-1-2-7(3-6)5-9(12(18)19)13(20)21/h1,7-9H,2-5H2,(H,14,15)(H,16,17)(H,18,19)(H,20,21). The van der Waals surface area contributed by atoms with Gasteiger partial charge in [-0.2, -0.15) is 0 Å². The van der Waals surface area contributed by atoms with E-state index >= 15 is 0 Å². The van der Waals surface area contributed by atoms with E-state index in [1.54, 1.807) is 6.08 Å². The van der Waals surface area contributed by atoms with Crippen molar-refractivity contribution in [1.29, 1.82) is 0 Å². The highest BCUT2D eigenvalue weighted by molar-refractivity contribution is 5.93. The fourth-order valence-corrected chi connectivity index (χ4v) is 2.40. The Labute approximate surface area is 119 Å². The molecule has 0 heterocycles. The number of hydrogen-bond acceptors (Lipinski definition) is 4. The number of carboxylic acids is 4. The van der Waals surface area contributed by atoms with Gasteiger partial charge in [0.25, 0.3) is 0 Å². The van der Waals surface area contributed by atoms with Gasteiger partial charge in [-0.1, -0.05) is 11.6 Å². The number of carbonyl (C=O) groups is 4. The van der Waals surface area contributed by atoms with Crippen LogP contribution in [0.1, 0.15) is 25.7 Å². The zero-order valence-electron chi connectivity index (χ0n) is 11.1. The minimum atomic E-state index is -1.54. The van der Waals surface area contributed by atoms with Crippen LogP contribution in [0.5, 0.6) is 0 Å². The molecule has 8 heteroatoms. The molecule has 0 spiro atoms. The second-order valence-electron chi connectivity index (χ2n) is 5.07. The lowest BCUT2D eigenvalue weighted by Crippen LogP contribution is -2.26. The van der Waals surface area contributed by atoms with E-state index in [1.165, 1.54) is 0 Å². The normalized spacial score (nSPS) is 17.8. The summed E-state index contributed by atoms with van der Waals surface area (Å²) in [6.07, 6.45) is 2.22. The molecular formula is C13H16O8. The topological polar surface area (TPSA) is 149 Å². The maximum Gasteiger partial charge on any atom is 0.318 e. The maximum atomic E-state index is 10.8. The molecule has 0 aromatic heterocycles. The van der Waals surface area contributed by atoms with E-state index in [1.807, 2.05) is 0 Å². The summed E-state index contributed by atoms with van der Waals surface area (Å²) in [6.45, 7) is 0. The molecule has 0 amide bonds. The average Bonchev–Trinajstić information content (AvgIpc) is 2.79. The molecule has 116 valence electrons. The monoisotopic (exact) mass is 300 g/mol. The molecule has 0 aromatic carbocycles. The SMILES string of the molecule is O=C(O)C(CC1=CCC(CC(C(=O)O)C(=O)O)C1)C(=O)O. The van der Waals surface area contributed by atoms with Crippen molar-refractivity contribution in [2.24, 2.45) is 17.8 Å². The summed E-state index contributed by atoms with van der Waals surface area (Å²) < 4.78 is 0. The zero-order chi connectivity index (χ0) is 16.2. The van der Waals surface area contributed by atoms with E-state index in [2.05, 4.69) is 0 Å². The van der Waals surface area contributed by atoms with E-state index < -0.39 is 35.7 Å². The van der Waals surface area contributed by atoms with Crippen LogP contribution in [0.25, 0.3) is 0 Å². The molecule has 21 heavy (non-hydrogen) atoms. The van der Waals surface area contributed by atoms with Crippen molar-refractivity contribution in [2.75, 3.05) is 0 Å². The minimum Gasteiger partial charge on any atom is -0.481 e. The molecule has 0 saturated heterocycles. The second kappa shape index (κ2) is 6.87. The fraction of sp³-hybridized carbons (Fsp3) is 0.538. The molecule has 0 radical (unpaired) electrons. The highest BCUT2D eigenvalue weighted by atomic mass is 16.4. The third-order valence-electron chi connectivity index (χ3n) is 3.52. The van der Waals surface area contributed by atoms with Crippen LogP contribution in [-0.2, 0) is 19.2 Å². The fourth-order valence-electron chi connectivity index (χ4n) is 2.40. The van der Waals surface area contributed by atoms with Crippen LogP contribution in [0.4, 0.5) is 0 Å². The lowest BCUT2D eigenvalue weighted by molar-refractivity contribution is -0.156. The summed E-state index contributed by atoms with van der Waals surface area (Å²) in [4.78, 5) is 43.2. The van der Waals surface area contributed by atoms with Crippen LogP contribution in [0, 0.1) is 17.8 Å². The van der Waals surface area contributed by atoms with Gasteiger partial charge in [-0.15, -0.1) is 0 Å². The van der Waals surface area contributed by atoms with Crippen molar-refractivity contribution < 1.29 is 39.6 Å². The zero-order valence-corrected chi connectivity index (χ0v) is 11.1. The molecule has 0 bridgehead atoms. The Kier molecular flexibility index (Phi) is 5.45. The summed E-state index contributed by atoms with van der Waals surface area (Å²) in [6, 6.07) is 0. The lowest BCUT2D eigenvalue weighted by Gasteiger charge is -2.14. The van der Waals surface area contributed by atoms with E-state index in [-0.39, 0.29) is 18.8 Å². The predicted molar refractivity (Wildman–Crippen MR) is 67.6 cm³/mol. The van der Waals surface area contributed by atoms with Crippen molar-refractivity contribution in [3.63, 3.8) is 0 Å². The van der Waals surface area contributed by atoms with Crippen LogP contribution >= 0.6 is 0 Å². The van der Waals surface area contributed by atoms with Gasteiger partial charge in [-0.05, 0) is 31.6 Å². The highest BCUT2D eigenvalue weighted by Crippen LogP contribution is 2.33. The highest BCUT2D eigenvalue weighted by Gasteiger charge is 2.33. The summed E-state index contributed by atoms with van der Waals surface area (Å²) in [5, 5.41) is 35.2. The van der Waals surface area contributed by atoms with E-state index in [9.17, 15) is 19.2 Å². The third kappa shape index (κ3) is 4.59. The third-order valence-corrected chi connectivity index (χ3v) is 3.52. The van der Waals surface area contributed by atoms with E-state index in [4.69, 9.17) is 20.4 Å². The van der Waals surface area contributed by atoms with Gasteiger partial charge in [0.2, 0.25) is 0 Å². The van der Waals surface area contributed by atoms with E-state index in [0.717, 1.165) is 0 Å². The number of carboxylic acid groups (broad SMARTS) is 4.